The minimum atomic E-state index is -1.55. The van der Waals surface area contributed by atoms with Gasteiger partial charge < -0.3 is 14.3 Å². The van der Waals surface area contributed by atoms with Crippen molar-refractivity contribution >= 4 is 5.97 Å². The van der Waals surface area contributed by atoms with Crippen LogP contribution in [-0.4, -0.2) is 53.3 Å². The molecule has 5 heteroatoms. The quantitative estimate of drug-likeness (QED) is 0.469. The van der Waals surface area contributed by atoms with Crippen LogP contribution in [0, 0.1) is 5.92 Å². The molecule has 1 saturated carbocycles. The van der Waals surface area contributed by atoms with Gasteiger partial charge in [0.05, 0.1) is 20.1 Å². The molecule has 1 saturated heterocycles. The van der Waals surface area contributed by atoms with Crippen LogP contribution < -0.4 is 0 Å². The Hall–Kier alpha value is -2.24. The van der Waals surface area contributed by atoms with Crippen molar-refractivity contribution in [1.82, 2.24) is 4.98 Å². The number of aryl methyl sites for hydroxylation is 1. The summed E-state index contributed by atoms with van der Waals surface area (Å²) >= 11 is 0. The Morgan fingerprint density at radius 1 is 1.06 bits per heavy atom. The van der Waals surface area contributed by atoms with Crippen LogP contribution in [0.15, 0.2) is 54.9 Å². The molecule has 2 aromatic rings. The zero-order chi connectivity index (χ0) is 23.2. The Morgan fingerprint density at radius 2 is 1.79 bits per heavy atom. The lowest BCUT2D eigenvalue weighted by Gasteiger charge is -2.42. The molecule has 3 atom stereocenters. The number of hydrogen-bond donors (Lipinski definition) is 1. The third-order valence-corrected chi connectivity index (χ3v) is 7.78. The third-order valence-electron chi connectivity index (χ3n) is 7.78. The number of ether oxygens (including phenoxy) is 1. The van der Waals surface area contributed by atoms with Gasteiger partial charge in [0.15, 0.2) is 11.7 Å². The molecule has 0 spiro atoms. The number of likely N-dealkylation sites (N-methyl/N-ethyl adjacent to an activating group) is 1. The molecule has 0 radical (unpaired) electrons. The number of pyridine rings is 1. The van der Waals surface area contributed by atoms with Crippen LogP contribution in [0.25, 0.3) is 0 Å². The lowest BCUT2D eigenvalue weighted by molar-refractivity contribution is -0.917. The molecule has 178 valence electrons. The second-order valence-electron chi connectivity index (χ2n) is 10.3. The average Bonchev–Trinajstić information content (AvgIpc) is 2.85. The van der Waals surface area contributed by atoms with E-state index in [9.17, 15) is 9.90 Å². The summed E-state index contributed by atoms with van der Waals surface area (Å²) in [6.07, 6.45) is 12.6. The molecule has 0 bridgehead atoms. The van der Waals surface area contributed by atoms with Crippen molar-refractivity contribution in [3.8, 4) is 0 Å². The number of aliphatic hydroxyl groups is 1. The summed E-state index contributed by atoms with van der Waals surface area (Å²) in [6.45, 7) is 2.98. The van der Waals surface area contributed by atoms with E-state index in [1.807, 2.05) is 42.7 Å². The Labute approximate surface area is 198 Å². The predicted octanol–water partition coefficient (Wildman–Crippen LogP) is 4.63. The number of nitrogens with zero attached hydrogens (tertiary/aromatic N) is 2. The van der Waals surface area contributed by atoms with Crippen molar-refractivity contribution in [3.05, 3.63) is 66.0 Å². The largest absolute Gasteiger partial charge is 0.454 e. The Balaban J connectivity index is 1.41. The summed E-state index contributed by atoms with van der Waals surface area (Å²) in [7, 11) is 2.27. The van der Waals surface area contributed by atoms with Gasteiger partial charge in [-0.15, -0.1) is 0 Å². The maximum Gasteiger partial charge on any atom is 0.343 e. The predicted molar refractivity (Wildman–Crippen MR) is 129 cm³/mol. The molecule has 1 aromatic carbocycles. The van der Waals surface area contributed by atoms with Gasteiger partial charge in [-0.1, -0.05) is 49.6 Å². The highest BCUT2D eigenvalue weighted by Gasteiger charge is 2.48. The fourth-order valence-electron chi connectivity index (χ4n) is 5.86. The van der Waals surface area contributed by atoms with Gasteiger partial charge >= 0.3 is 5.97 Å². The fraction of sp³-hybridized carbons (Fsp3) is 0.571. The first-order valence-corrected chi connectivity index (χ1v) is 12.7. The van der Waals surface area contributed by atoms with E-state index in [1.54, 1.807) is 0 Å². The summed E-state index contributed by atoms with van der Waals surface area (Å²) in [4.78, 5) is 17.7. The highest BCUT2D eigenvalue weighted by atomic mass is 16.6. The van der Waals surface area contributed by atoms with Gasteiger partial charge in [-0.2, -0.15) is 0 Å². The Bertz CT molecular complexity index is 885. The number of aromatic nitrogens is 1. The summed E-state index contributed by atoms with van der Waals surface area (Å²) in [5.74, 6) is -0.526. The van der Waals surface area contributed by atoms with Gasteiger partial charge in [-0.3, -0.25) is 4.98 Å². The summed E-state index contributed by atoms with van der Waals surface area (Å²) in [5.41, 5.74) is 0.438. The first-order valence-electron chi connectivity index (χ1n) is 12.7. The van der Waals surface area contributed by atoms with Gasteiger partial charge in [0.25, 0.3) is 0 Å². The maximum absolute atomic E-state index is 13.6. The van der Waals surface area contributed by atoms with Crippen molar-refractivity contribution in [2.24, 2.45) is 5.92 Å². The maximum atomic E-state index is 13.6. The molecule has 1 N–H and O–H groups in total. The molecule has 1 aliphatic carbocycles. The number of benzene rings is 1. The van der Waals surface area contributed by atoms with Crippen LogP contribution in [-0.2, 0) is 21.6 Å². The van der Waals surface area contributed by atoms with Gasteiger partial charge in [-0.25, -0.2) is 4.79 Å². The Kier molecular flexibility index (Phi) is 7.82. The zero-order valence-electron chi connectivity index (χ0n) is 20.0. The van der Waals surface area contributed by atoms with E-state index in [4.69, 9.17) is 4.74 Å². The van der Waals surface area contributed by atoms with Crippen LogP contribution >= 0.6 is 0 Å². The first-order chi connectivity index (χ1) is 16.0. The normalized spacial score (nSPS) is 25.8. The summed E-state index contributed by atoms with van der Waals surface area (Å²) < 4.78 is 7.02. The Morgan fingerprint density at radius 3 is 2.52 bits per heavy atom. The fourth-order valence-corrected chi connectivity index (χ4v) is 5.86. The smallest absolute Gasteiger partial charge is 0.343 e. The van der Waals surface area contributed by atoms with Crippen LogP contribution in [0.1, 0.15) is 62.5 Å². The lowest BCUT2D eigenvalue weighted by Crippen LogP contribution is -2.55. The molecule has 1 aliphatic heterocycles. The van der Waals surface area contributed by atoms with E-state index in [0.717, 1.165) is 75.5 Å². The van der Waals surface area contributed by atoms with E-state index in [2.05, 4.69) is 24.2 Å². The van der Waals surface area contributed by atoms with E-state index < -0.39 is 11.6 Å². The summed E-state index contributed by atoms with van der Waals surface area (Å²) in [5, 5.41) is 11.8. The number of piperidine rings is 1. The second kappa shape index (κ2) is 10.8. The molecular weight excluding hydrogens is 412 g/mol. The lowest BCUT2D eigenvalue weighted by atomic mass is 9.73. The SMILES string of the molecule is C[N+]1(CCCc2ccncc2)CCC[C@@H](OC(=O)C(O)(c2ccccc2)C2CCCCC2)C1. The van der Waals surface area contributed by atoms with Crippen LogP contribution in [0.3, 0.4) is 0 Å². The number of rotatable bonds is 8. The standard InChI is InChI=1S/C28H39N2O3/c1-30(20-8-10-23-16-18-29-19-17-23)21-9-15-26(22-30)33-27(31)28(32,24-11-4-2-5-12-24)25-13-6-3-7-14-25/h2,4-5,11-12,16-19,25-26,32H,3,6-10,13-15,20-22H2,1H3/q+1/t26-,28?,30?/m1/s1. The highest BCUT2D eigenvalue weighted by molar-refractivity contribution is 5.81. The van der Waals surface area contributed by atoms with Crippen molar-refractivity contribution in [3.63, 3.8) is 0 Å². The molecule has 2 unspecified atom stereocenters. The molecule has 2 fully saturated rings. The van der Waals surface area contributed by atoms with Crippen molar-refractivity contribution in [2.45, 2.75) is 69.5 Å². The topological polar surface area (TPSA) is 59.4 Å². The van der Waals surface area contributed by atoms with Gasteiger partial charge in [-0.05, 0) is 48.9 Å². The number of hydrogen-bond acceptors (Lipinski definition) is 4. The van der Waals surface area contributed by atoms with E-state index >= 15 is 0 Å². The van der Waals surface area contributed by atoms with Crippen LogP contribution in [0.2, 0.25) is 0 Å². The van der Waals surface area contributed by atoms with Gasteiger partial charge in [0.1, 0.15) is 6.54 Å². The number of carbonyl (C=O) groups is 1. The number of quaternary nitrogens is 1. The van der Waals surface area contributed by atoms with Gasteiger partial charge in [0.2, 0.25) is 0 Å². The number of likely N-dealkylation sites (tertiary alicyclic amines) is 1. The second-order valence-corrected chi connectivity index (χ2v) is 10.3. The third kappa shape index (κ3) is 5.82. The van der Waals surface area contributed by atoms with Crippen molar-refractivity contribution in [2.75, 3.05) is 26.7 Å². The molecule has 33 heavy (non-hydrogen) atoms. The zero-order valence-corrected chi connectivity index (χ0v) is 20.0. The van der Waals surface area contributed by atoms with Crippen LogP contribution in [0.4, 0.5) is 0 Å². The highest BCUT2D eigenvalue weighted by Crippen LogP contribution is 2.41. The molecular formula is C28H39N2O3+. The van der Waals surface area contributed by atoms with E-state index in [0.29, 0.717) is 5.56 Å². The minimum Gasteiger partial charge on any atom is -0.454 e. The van der Waals surface area contributed by atoms with Gasteiger partial charge in [0, 0.05) is 31.2 Å². The molecule has 4 rings (SSSR count). The molecule has 2 heterocycles. The van der Waals surface area contributed by atoms with Crippen LogP contribution in [0.5, 0.6) is 0 Å². The number of esters is 1. The monoisotopic (exact) mass is 451 g/mol. The number of carbonyl (C=O) groups excluding carboxylic acids is 1. The minimum absolute atomic E-state index is 0.0778. The average molecular weight is 452 g/mol. The molecule has 5 nitrogen and oxygen atoms in total. The summed E-state index contributed by atoms with van der Waals surface area (Å²) in [6, 6.07) is 13.6. The molecule has 0 amide bonds. The molecule has 2 aliphatic rings. The van der Waals surface area contributed by atoms with Crippen molar-refractivity contribution < 1.29 is 19.1 Å². The molecule has 1 aromatic heterocycles. The van der Waals surface area contributed by atoms with E-state index in [1.165, 1.54) is 12.0 Å². The first kappa shape index (κ1) is 23.9. The van der Waals surface area contributed by atoms with E-state index in [-0.39, 0.29) is 12.0 Å². The van der Waals surface area contributed by atoms with Crippen molar-refractivity contribution in [1.29, 1.82) is 0 Å².